The van der Waals surface area contributed by atoms with Crippen molar-refractivity contribution in [3.8, 4) is 0 Å². The zero-order valence-electron chi connectivity index (χ0n) is 11.1. The second kappa shape index (κ2) is 5.58. The van der Waals surface area contributed by atoms with Crippen LogP contribution in [0.1, 0.15) is 32.1 Å². The van der Waals surface area contributed by atoms with Crippen LogP contribution in [0.4, 0.5) is 0 Å². The standard InChI is InChI=1S/C15H18ClNO2S/c16-10-1-5-12(6-2-10)20-13-7-8-15(9-13,14(18)19)17-11-3-4-11/h1-2,5-6,11,13,17H,3-4,7-9H2,(H,18,19). The van der Waals surface area contributed by atoms with Crippen LogP contribution in [0, 0.1) is 0 Å². The van der Waals surface area contributed by atoms with Crippen LogP contribution in [0.5, 0.6) is 0 Å². The summed E-state index contributed by atoms with van der Waals surface area (Å²) < 4.78 is 0. The predicted octanol–water partition coefficient (Wildman–Crippen LogP) is 3.56. The Labute approximate surface area is 128 Å². The Balaban J connectivity index is 1.65. The van der Waals surface area contributed by atoms with E-state index in [1.54, 1.807) is 11.8 Å². The molecule has 2 saturated carbocycles. The second-order valence-electron chi connectivity index (χ2n) is 5.74. The van der Waals surface area contributed by atoms with Crippen molar-refractivity contribution in [3.05, 3.63) is 29.3 Å². The van der Waals surface area contributed by atoms with Gasteiger partial charge in [0.25, 0.3) is 0 Å². The van der Waals surface area contributed by atoms with Crippen LogP contribution in [0.3, 0.4) is 0 Å². The van der Waals surface area contributed by atoms with E-state index < -0.39 is 11.5 Å². The lowest BCUT2D eigenvalue weighted by molar-refractivity contribution is -0.144. The number of hydrogen-bond donors (Lipinski definition) is 2. The SMILES string of the molecule is O=C(O)C1(NC2CC2)CCC(Sc2ccc(Cl)cc2)C1. The maximum absolute atomic E-state index is 11.6. The monoisotopic (exact) mass is 311 g/mol. The number of aliphatic carboxylic acids is 1. The minimum atomic E-state index is -0.703. The van der Waals surface area contributed by atoms with Crippen LogP contribution >= 0.6 is 23.4 Å². The first kappa shape index (κ1) is 14.2. The summed E-state index contributed by atoms with van der Waals surface area (Å²) in [5.41, 5.74) is -0.703. The molecular formula is C15H18ClNO2S. The molecule has 2 N–H and O–H groups in total. The van der Waals surface area contributed by atoms with Gasteiger partial charge in [0.05, 0.1) is 0 Å². The van der Waals surface area contributed by atoms with Crippen LogP contribution in [-0.2, 0) is 4.79 Å². The summed E-state index contributed by atoms with van der Waals surface area (Å²) in [4.78, 5) is 12.8. The molecule has 0 bridgehead atoms. The molecule has 3 rings (SSSR count). The van der Waals surface area contributed by atoms with Gasteiger partial charge in [-0.05, 0) is 56.4 Å². The fourth-order valence-corrected chi connectivity index (χ4v) is 4.22. The molecule has 0 radical (unpaired) electrons. The quantitative estimate of drug-likeness (QED) is 0.873. The first-order valence-electron chi connectivity index (χ1n) is 7.01. The van der Waals surface area contributed by atoms with E-state index in [9.17, 15) is 9.90 Å². The van der Waals surface area contributed by atoms with Crippen molar-refractivity contribution in [1.29, 1.82) is 0 Å². The van der Waals surface area contributed by atoms with Gasteiger partial charge in [0, 0.05) is 21.2 Å². The van der Waals surface area contributed by atoms with Crippen molar-refractivity contribution in [2.24, 2.45) is 0 Å². The molecular weight excluding hydrogens is 294 g/mol. The Bertz CT molecular complexity index is 503. The Kier molecular flexibility index (Phi) is 3.98. The van der Waals surface area contributed by atoms with Crippen molar-refractivity contribution in [1.82, 2.24) is 5.32 Å². The summed E-state index contributed by atoms with van der Waals surface area (Å²) in [7, 11) is 0. The summed E-state index contributed by atoms with van der Waals surface area (Å²) in [5.74, 6) is -0.691. The van der Waals surface area contributed by atoms with Gasteiger partial charge >= 0.3 is 5.97 Å². The number of carboxylic acid groups (broad SMARTS) is 1. The normalized spacial score (nSPS) is 29.6. The number of hydrogen-bond acceptors (Lipinski definition) is 3. The van der Waals surface area contributed by atoms with Gasteiger partial charge in [-0.15, -0.1) is 11.8 Å². The third-order valence-electron chi connectivity index (χ3n) is 4.05. The minimum Gasteiger partial charge on any atom is -0.480 e. The average molecular weight is 312 g/mol. The Morgan fingerprint density at radius 1 is 1.30 bits per heavy atom. The van der Waals surface area contributed by atoms with Crippen LogP contribution in [0.2, 0.25) is 5.02 Å². The molecule has 2 fully saturated rings. The lowest BCUT2D eigenvalue weighted by Gasteiger charge is -2.26. The maximum atomic E-state index is 11.6. The molecule has 0 saturated heterocycles. The lowest BCUT2D eigenvalue weighted by Crippen LogP contribution is -2.51. The van der Waals surface area contributed by atoms with E-state index >= 15 is 0 Å². The van der Waals surface area contributed by atoms with E-state index in [1.165, 1.54) is 0 Å². The van der Waals surface area contributed by atoms with E-state index in [0.29, 0.717) is 17.7 Å². The van der Waals surface area contributed by atoms with Crippen molar-refractivity contribution >= 4 is 29.3 Å². The van der Waals surface area contributed by atoms with E-state index in [-0.39, 0.29) is 0 Å². The number of nitrogens with one attached hydrogen (secondary N) is 1. The fourth-order valence-electron chi connectivity index (χ4n) is 2.81. The molecule has 1 aromatic rings. The van der Waals surface area contributed by atoms with E-state index in [1.807, 2.05) is 24.3 Å². The highest BCUT2D eigenvalue weighted by molar-refractivity contribution is 8.00. The third kappa shape index (κ3) is 3.13. The highest BCUT2D eigenvalue weighted by atomic mass is 35.5. The number of rotatable bonds is 5. The minimum absolute atomic E-state index is 0.360. The number of benzene rings is 1. The molecule has 5 heteroatoms. The topological polar surface area (TPSA) is 49.3 Å². The molecule has 2 atom stereocenters. The van der Waals surface area contributed by atoms with Gasteiger partial charge < -0.3 is 5.11 Å². The first-order valence-corrected chi connectivity index (χ1v) is 8.26. The van der Waals surface area contributed by atoms with Crippen molar-refractivity contribution in [3.63, 3.8) is 0 Å². The number of carbonyl (C=O) groups is 1. The molecule has 3 nitrogen and oxygen atoms in total. The smallest absolute Gasteiger partial charge is 0.323 e. The molecule has 20 heavy (non-hydrogen) atoms. The van der Waals surface area contributed by atoms with E-state index in [0.717, 1.165) is 35.6 Å². The number of halogens is 1. The Hall–Kier alpha value is -0.710. The van der Waals surface area contributed by atoms with Gasteiger partial charge in [-0.25, -0.2) is 0 Å². The lowest BCUT2D eigenvalue weighted by atomic mass is 9.98. The Morgan fingerprint density at radius 3 is 2.60 bits per heavy atom. The summed E-state index contributed by atoms with van der Waals surface area (Å²) in [6.07, 6.45) is 4.60. The van der Waals surface area contributed by atoms with Crippen molar-refractivity contribution in [2.75, 3.05) is 0 Å². The van der Waals surface area contributed by atoms with Gasteiger partial charge in [-0.3, -0.25) is 10.1 Å². The molecule has 0 aliphatic heterocycles. The summed E-state index contributed by atoms with van der Waals surface area (Å²) in [6.45, 7) is 0. The maximum Gasteiger partial charge on any atom is 0.323 e. The van der Waals surface area contributed by atoms with Crippen LogP contribution < -0.4 is 5.32 Å². The highest BCUT2D eigenvalue weighted by Crippen LogP contribution is 2.42. The predicted molar refractivity (Wildman–Crippen MR) is 81.5 cm³/mol. The number of carboxylic acids is 1. The van der Waals surface area contributed by atoms with Crippen molar-refractivity contribution in [2.45, 2.75) is 53.8 Å². The first-order chi connectivity index (χ1) is 9.57. The molecule has 2 aliphatic carbocycles. The summed E-state index contributed by atoms with van der Waals surface area (Å²) in [6, 6.07) is 8.19. The fraction of sp³-hybridized carbons (Fsp3) is 0.533. The molecule has 0 spiro atoms. The molecule has 108 valence electrons. The second-order valence-corrected chi connectivity index (χ2v) is 7.55. The zero-order chi connectivity index (χ0) is 14.2. The van der Waals surface area contributed by atoms with Gasteiger partial charge in [0.1, 0.15) is 5.54 Å². The molecule has 0 heterocycles. The molecule has 0 aromatic heterocycles. The van der Waals surface area contributed by atoms with E-state index in [4.69, 9.17) is 11.6 Å². The van der Waals surface area contributed by atoms with Gasteiger partial charge in [0.2, 0.25) is 0 Å². The molecule has 0 amide bonds. The summed E-state index contributed by atoms with van der Waals surface area (Å²) >= 11 is 7.65. The van der Waals surface area contributed by atoms with Gasteiger partial charge in [0.15, 0.2) is 0 Å². The third-order valence-corrected chi connectivity index (χ3v) is 5.58. The average Bonchev–Trinajstić information content (AvgIpc) is 3.12. The molecule has 1 aromatic carbocycles. The Morgan fingerprint density at radius 2 is 2.00 bits per heavy atom. The molecule has 2 unspecified atom stereocenters. The van der Waals surface area contributed by atoms with Crippen LogP contribution in [0.25, 0.3) is 0 Å². The largest absolute Gasteiger partial charge is 0.480 e. The summed E-state index contributed by atoms with van der Waals surface area (Å²) in [5, 5.41) is 14.0. The van der Waals surface area contributed by atoms with Crippen LogP contribution in [0.15, 0.2) is 29.2 Å². The zero-order valence-corrected chi connectivity index (χ0v) is 12.7. The van der Waals surface area contributed by atoms with Crippen molar-refractivity contribution < 1.29 is 9.90 Å². The van der Waals surface area contributed by atoms with E-state index in [2.05, 4.69) is 5.32 Å². The number of thioether (sulfide) groups is 1. The van der Waals surface area contributed by atoms with Gasteiger partial charge in [-0.1, -0.05) is 11.6 Å². The van der Waals surface area contributed by atoms with Crippen LogP contribution in [-0.4, -0.2) is 27.9 Å². The molecule has 2 aliphatic rings. The van der Waals surface area contributed by atoms with Gasteiger partial charge in [-0.2, -0.15) is 0 Å². The highest BCUT2D eigenvalue weighted by Gasteiger charge is 2.48.